The van der Waals surface area contributed by atoms with E-state index in [1.54, 1.807) is 21.3 Å². The third kappa shape index (κ3) is 4.88. The highest BCUT2D eigenvalue weighted by atomic mass is 16.5. The molecule has 0 fully saturated rings. The van der Waals surface area contributed by atoms with Gasteiger partial charge in [0, 0.05) is 6.54 Å². The maximum Gasteiger partial charge on any atom is 0.160 e. The molecule has 0 radical (unpaired) electrons. The van der Waals surface area contributed by atoms with Crippen molar-refractivity contribution in [3.63, 3.8) is 0 Å². The van der Waals surface area contributed by atoms with Gasteiger partial charge in [0.1, 0.15) is 5.75 Å². The Hall–Kier alpha value is -2.24. The second-order valence-electron chi connectivity index (χ2n) is 5.43. The summed E-state index contributed by atoms with van der Waals surface area (Å²) in [7, 11) is 4.88. The fourth-order valence-electron chi connectivity index (χ4n) is 2.45. The molecule has 0 aliphatic rings. The Labute approximate surface area is 143 Å². The van der Waals surface area contributed by atoms with Crippen LogP contribution in [0, 0.1) is 0 Å². The number of aliphatic hydroxyl groups is 1. The molecular weight excluding hydrogens is 306 g/mol. The normalized spacial score (nSPS) is 11.8. The van der Waals surface area contributed by atoms with Crippen LogP contribution < -0.4 is 19.5 Å². The first kappa shape index (κ1) is 18.1. The standard InChI is InChI=1S/C19H25NO4/c1-22-16-7-5-15(6-8-16)17(21)13-20-11-10-14-4-9-18(23-2)19(12-14)24-3/h4-9,12,17,20-21H,10-11,13H2,1-3H3. The number of aliphatic hydroxyl groups excluding tert-OH is 1. The van der Waals surface area contributed by atoms with Crippen molar-refractivity contribution in [1.82, 2.24) is 5.32 Å². The number of hydrogen-bond acceptors (Lipinski definition) is 5. The fraction of sp³-hybridized carbons (Fsp3) is 0.368. The largest absolute Gasteiger partial charge is 0.497 e. The van der Waals surface area contributed by atoms with Gasteiger partial charge in [-0.1, -0.05) is 18.2 Å². The van der Waals surface area contributed by atoms with Gasteiger partial charge in [0.15, 0.2) is 11.5 Å². The molecular formula is C19H25NO4. The summed E-state index contributed by atoms with van der Waals surface area (Å²) in [6.07, 6.45) is 0.302. The highest BCUT2D eigenvalue weighted by molar-refractivity contribution is 5.42. The third-order valence-corrected chi connectivity index (χ3v) is 3.88. The van der Waals surface area contributed by atoms with Gasteiger partial charge in [-0.05, 0) is 48.4 Å². The fourth-order valence-corrected chi connectivity index (χ4v) is 2.45. The first-order valence-corrected chi connectivity index (χ1v) is 7.91. The van der Waals surface area contributed by atoms with Crippen LogP contribution in [-0.2, 0) is 6.42 Å². The number of hydrogen-bond donors (Lipinski definition) is 2. The highest BCUT2D eigenvalue weighted by Crippen LogP contribution is 2.27. The van der Waals surface area contributed by atoms with Crippen molar-refractivity contribution in [3.8, 4) is 17.2 Å². The smallest absolute Gasteiger partial charge is 0.160 e. The van der Waals surface area contributed by atoms with E-state index in [-0.39, 0.29) is 0 Å². The van der Waals surface area contributed by atoms with E-state index in [0.717, 1.165) is 41.3 Å². The minimum Gasteiger partial charge on any atom is -0.497 e. The molecule has 0 aromatic heterocycles. The van der Waals surface area contributed by atoms with Crippen LogP contribution >= 0.6 is 0 Å². The molecule has 1 unspecified atom stereocenters. The maximum absolute atomic E-state index is 10.2. The van der Waals surface area contributed by atoms with Gasteiger partial charge in [-0.15, -0.1) is 0 Å². The third-order valence-electron chi connectivity index (χ3n) is 3.88. The van der Waals surface area contributed by atoms with E-state index in [1.807, 2.05) is 42.5 Å². The molecule has 130 valence electrons. The van der Waals surface area contributed by atoms with Crippen molar-refractivity contribution < 1.29 is 19.3 Å². The van der Waals surface area contributed by atoms with Crippen LogP contribution in [0.25, 0.3) is 0 Å². The summed E-state index contributed by atoms with van der Waals surface area (Å²) >= 11 is 0. The number of methoxy groups -OCH3 is 3. The predicted octanol–water partition coefficient (Wildman–Crippen LogP) is 2.58. The molecule has 0 aliphatic heterocycles. The number of ether oxygens (including phenoxy) is 3. The predicted molar refractivity (Wildman–Crippen MR) is 94.1 cm³/mol. The van der Waals surface area contributed by atoms with E-state index in [0.29, 0.717) is 6.54 Å². The van der Waals surface area contributed by atoms with Gasteiger partial charge < -0.3 is 24.6 Å². The lowest BCUT2D eigenvalue weighted by atomic mass is 10.1. The molecule has 2 aromatic rings. The van der Waals surface area contributed by atoms with Gasteiger partial charge in [0.2, 0.25) is 0 Å². The van der Waals surface area contributed by atoms with E-state index < -0.39 is 6.10 Å². The summed E-state index contributed by atoms with van der Waals surface area (Å²) in [6, 6.07) is 13.3. The molecule has 2 N–H and O–H groups in total. The van der Waals surface area contributed by atoms with Crippen molar-refractivity contribution in [3.05, 3.63) is 53.6 Å². The van der Waals surface area contributed by atoms with Gasteiger partial charge in [0.25, 0.3) is 0 Å². The van der Waals surface area contributed by atoms with E-state index in [9.17, 15) is 5.11 Å². The second-order valence-corrected chi connectivity index (χ2v) is 5.43. The Kier molecular flexibility index (Phi) is 6.90. The first-order chi connectivity index (χ1) is 11.7. The molecule has 1 atom stereocenters. The zero-order chi connectivity index (χ0) is 17.4. The van der Waals surface area contributed by atoms with Gasteiger partial charge in [0.05, 0.1) is 27.4 Å². The Balaban J connectivity index is 1.79. The van der Waals surface area contributed by atoms with Crippen LogP contribution in [0.1, 0.15) is 17.2 Å². The van der Waals surface area contributed by atoms with Crippen molar-refractivity contribution in [2.24, 2.45) is 0 Å². The van der Waals surface area contributed by atoms with E-state index >= 15 is 0 Å². The molecule has 2 rings (SSSR count). The maximum atomic E-state index is 10.2. The minimum atomic E-state index is -0.540. The summed E-state index contributed by atoms with van der Waals surface area (Å²) in [5, 5.41) is 13.5. The quantitative estimate of drug-likeness (QED) is 0.692. The molecule has 5 heteroatoms. The van der Waals surface area contributed by atoms with Crippen molar-refractivity contribution in [2.45, 2.75) is 12.5 Å². The lowest BCUT2D eigenvalue weighted by Gasteiger charge is -2.13. The second kappa shape index (κ2) is 9.15. The van der Waals surface area contributed by atoms with Gasteiger partial charge >= 0.3 is 0 Å². The summed E-state index contributed by atoms with van der Waals surface area (Å²) in [4.78, 5) is 0. The SMILES string of the molecule is COc1ccc(C(O)CNCCc2ccc(OC)c(OC)c2)cc1. The van der Waals surface area contributed by atoms with Crippen LogP contribution in [0.15, 0.2) is 42.5 Å². The molecule has 0 amide bonds. The number of nitrogens with one attached hydrogen (secondary N) is 1. The van der Waals surface area contributed by atoms with Crippen LogP contribution in [0.3, 0.4) is 0 Å². The van der Waals surface area contributed by atoms with Gasteiger partial charge in [-0.2, -0.15) is 0 Å². The van der Waals surface area contributed by atoms with Crippen LogP contribution in [0.2, 0.25) is 0 Å². The Morgan fingerprint density at radius 3 is 2.25 bits per heavy atom. The Morgan fingerprint density at radius 2 is 1.62 bits per heavy atom. The van der Waals surface area contributed by atoms with Crippen molar-refractivity contribution in [2.75, 3.05) is 34.4 Å². The first-order valence-electron chi connectivity index (χ1n) is 7.91. The lowest BCUT2D eigenvalue weighted by Crippen LogP contribution is -2.23. The Morgan fingerprint density at radius 1 is 0.917 bits per heavy atom. The minimum absolute atomic E-state index is 0.500. The highest BCUT2D eigenvalue weighted by Gasteiger charge is 2.08. The topological polar surface area (TPSA) is 60.0 Å². The summed E-state index contributed by atoms with van der Waals surface area (Å²) in [6.45, 7) is 1.27. The lowest BCUT2D eigenvalue weighted by molar-refractivity contribution is 0.175. The van der Waals surface area contributed by atoms with E-state index in [1.165, 1.54) is 0 Å². The molecule has 0 bridgehead atoms. The van der Waals surface area contributed by atoms with E-state index in [2.05, 4.69) is 5.32 Å². The summed E-state index contributed by atoms with van der Waals surface area (Å²) in [5.41, 5.74) is 2.02. The molecule has 5 nitrogen and oxygen atoms in total. The van der Waals surface area contributed by atoms with Gasteiger partial charge in [-0.3, -0.25) is 0 Å². The summed E-state index contributed by atoms with van der Waals surface area (Å²) < 4.78 is 15.6. The van der Waals surface area contributed by atoms with Crippen molar-refractivity contribution >= 4 is 0 Å². The molecule has 2 aromatic carbocycles. The molecule has 0 heterocycles. The number of benzene rings is 2. The average molecular weight is 331 g/mol. The van der Waals surface area contributed by atoms with Crippen LogP contribution in [0.5, 0.6) is 17.2 Å². The molecule has 0 saturated carbocycles. The molecule has 0 aliphatic carbocycles. The van der Waals surface area contributed by atoms with Crippen LogP contribution in [-0.4, -0.2) is 39.5 Å². The number of rotatable bonds is 9. The molecule has 0 spiro atoms. The Bertz CT molecular complexity index is 628. The van der Waals surface area contributed by atoms with Crippen molar-refractivity contribution in [1.29, 1.82) is 0 Å². The molecule has 0 saturated heterocycles. The van der Waals surface area contributed by atoms with Crippen LogP contribution in [0.4, 0.5) is 0 Å². The average Bonchev–Trinajstić information content (AvgIpc) is 2.64. The summed E-state index contributed by atoms with van der Waals surface area (Å²) in [5.74, 6) is 2.24. The zero-order valence-corrected chi connectivity index (χ0v) is 14.4. The van der Waals surface area contributed by atoms with Gasteiger partial charge in [-0.25, -0.2) is 0 Å². The zero-order valence-electron chi connectivity index (χ0n) is 14.4. The molecule has 24 heavy (non-hydrogen) atoms. The monoisotopic (exact) mass is 331 g/mol. The van der Waals surface area contributed by atoms with E-state index in [4.69, 9.17) is 14.2 Å².